The second-order valence-corrected chi connectivity index (χ2v) is 5.08. The molecule has 5 heteroatoms. The average molecular weight is 284 g/mol. The number of benzene rings is 2. The second kappa shape index (κ2) is 5.83. The predicted molar refractivity (Wildman–Crippen MR) is 86.6 cm³/mol. The third kappa shape index (κ3) is 3.13. The lowest BCUT2D eigenvalue weighted by atomic mass is 10.1. The van der Waals surface area contributed by atoms with Gasteiger partial charge in [0.25, 0.3) is 0 Å². The molecular formula is C16H20N4O. The van der Waals surface area contributed by atoms with Crippen LogP contribution in [0.5, 0.6) is 5.75 Å². The minimum absolute atomic E-state index is 0.504. The molecule has 0 aromatic heterocycles. The van der Waals surface area contributed by atoms with Crippen molar-refractivity contribution in [1.29, 1.82) is 0 Å². The minimum Gasteiger partial charge on any atom is -0.494 e. The zero-order valence-corrected chi connectivity index (χ0v) is 12.8. The van der Waals surface area contributed by atoms with E-state index in [4.69, 9.17) is 16.2 Å². The lowest BCUT2D eigenvalue weighted by Gasteiger charge is -2.08. The van der Waals surface area contributed by atoms with Crippen molar-refractivity contribution in [3.63, 3.8) is 0 Å². The van der Waals surface area contributed by atoms with Crippen LogP contribution in [0.25, 0.3) is 0 Å². The van der Waals surface area contributed by atoms with E-state index in [0.717, 1.165) is 16.7 Å². The molecule has 2 aromatic rings. The molecule has 0 fully saturated rings. The van der Waals surface area contributed by atoms with Crippen LogP contribution >= 0.6 is 0 Å². The van der Waals surface area contributed by atoms with E-state index in [1.165, 1.54) is 0 Å². The summed E-state index contributed by atoms with van der Waals surface area (Å²) in [5.41, 5.74) is 17.3. The van der Waals surface area contributed by atoms with E-state index in [2.05, 4.69) is 10.2 Å². The number of hydrogen-bond acceptors (Lipinski definition) is 5. The Balaban J connectivity index is 2.42. The van der Waals surface area contributed by atoms with E-state index in [-0.39, 0.29) is 0 Å². The van der Waals surface area contributed by atoms with Gasteiger partial charge in [-0.05, 0) is 61.7 Å². The first-order chi connectivity index (χ1) is 9.92. The molecule has 0 atom stereocenters. The highest BCUT2D eigenvalue weighted by atomic mass is 16.5. The Kier molecular flexibility index (Phi) is 4.12. The molecule has 0 aliphatic rings. The standard InChI is InChI=1S/C16H20N4O/c1-9-5-15(16(21-4)7-10(9)2)20-19-14-6-11(3)12(17)8-13(14)18/h5-8H,17-18H2,1-4H3. The van der Waals surface area contributed by atoms with Crippen LogP contribution in [0.3, 0.4) is 0 Å². The van der Waals surface area contributed by atoms with E-state index >= 15 is 0 Å². The average Bonchev–Trinajstić information content (AvgIpc) is 2.44. The maximum absolute atomic E-state index is 5.91. The summed E-state index contributed by atoms with van der Waals surface area (Å²) >= 11 is 0. The predicted octanol–water partition coefficient (Wildman–Crippen LogP) is 4.20. The Morgan fingerprint density at radius 2 is 1.33 bits per heavy atom. The summed E-state index contributed by atoms with van der Waals surface area (Å²) in [5.74, 6) is 0.688. The summed E-state index contributed by atoms with van der Waals surface area (Å²) in [6.07, 6.45) is 0. The first kappa shape index (κ1) is 14.8. The van der Waals surface area contributed by atoms with Gasteiger partial charge in [0.2, 0.25) is 0 Å². The Labute approximate surface area is 124 Å². The van der Waals surface area contributed by atoms with Gasteiger partial charge >= 0.3 is 0 Å². The highest BCUT2D eigenvalue weighted by molar-refractivity contribution is 5.70. The number of nitrogen functional groups attached to an aromatic ring is 2. The van der Waals surface area contributed by atoms with E-state index < -0.39 is 0 Å². The van der Waals surface area contributed by atoms with Crippen molar-refractivity contribution in [1.82, 2.24) is 0 Å². The summed E-state index contributed by atoms with van der Waals surface area (Å²) in [5, 5.41) is 8.48. The summed E-state index contributed by atoms with van der Waals surface area (Å²) < 4.78 is 5.34. The number of rotatable bonds is 3. The number of ether oxygens (including phenoxy) is 1. The molecular weight excluding hydrogens is 264 g/mol. The largest absolute Gasteiger partial charge is 0.494 e. The Morgan fingerprint density at radius 1 is 0.762 bits per heavy atom. The number of methoxy groups -OCH3 is 1. The number of nitrogens with zero attached hydrogens (tertiary/aromatic N) is 2. The van der Waals surface area contributed by atoms with Crippen LogP contribution in [-0.4, -0.2) is 7.11 Å². The lowest BCUT2D eigenvalue weighted by Crippen LogP contribution is -1.93. The van der Waals surface area contributed by atoms with E-state index in [1.54, 1.807) is 13.2 Å². The van der Waals surface area contributed by atoms with Gasteiger partial charge in [-0.1, -0.05) is 0 Å². The van der Waals surface area contributed by atoms with Crippen LogP contribution in [-0.2, 0) is 0 Å². The zero-order valence-electron chi connectivity index (χ0n) is 12.8. The summed E-state index contributed by atoms with van der Waals surface area (Å²) in [6.45, 7) is 5.96. The fraction of sp³-hybridized carbons (Fsp3) is 0.250. The Bertz CT molecular complexity index is 708. The van der Waals surface area contributed by atoms with Crippen LogP contribution in [0.4, 0.5) is 22.7 Å². The van der Waals surface area contributed by atoms with Gasteiger partial charge in [0.05, 0.1) is 12.8 Å². The van der Waals surface area contributed by atoms with Gasteiger partial charge in [0.15, 0.2) is 0 Å². The van der Waals surface area contributed by atoms with Crippen molar-refractivity contribution in [2.24, 2.45) is 10.2 Å². The van der Waals surface area contributed by atoms with Gasteiger partial charge < -0.3 is 16.2 Å². The van der Waals surface area contributed by atoms with Crippen LogP contribution in [0.1, 0.15) is 16.7 Å². The van der Waals surface area contributed by atoms with Gasteiger partial charge in [-0.2, -0.15) is 0 Å². The molecule has 0 saturated heterocycles. The van der Waals surface area contributed by atoms with Crippen molar-refractivity contribution in [2.45, 2.75) is 20.8 Å². The zero-order chi connectivity index (χ0) is 15.6. The van der Waals surface area contributed by atoms with Gasteiger partial charge in [-0.3, -0.25) is 0 Å². The molecule has 0 saturated carbocycles. The molecule has 4 N–H and O–H groups in total. The van der Waals surface area contributed by atoms with Gasteiger partial charge in [-0.15, -0.1) is 10.2 Å². The number of anilines is 2. The van der Waals surface area contributed by atoms with Crippen LogP contribution in [0.2, 0.25) is 0 Å². The minimum atomic E-state index is 0.504. The Morgan fingerprint density at radius 3 is 2.00 bits per heavy atom. The first-order valence-electron chi connectivity index (χ1n) is 6.65. The van der Waals surface area contributed by atoms with E-state index in [0.29, 0.717) is 28.5 Å². The number of hydrogen-bond donors (Lipinski definition) is 2. The van der Waals surface area contributed by atoms with Crippen molar-refractivity contribution < 1.29 is 4.74 Å². The quantitative estimate of drug-likeness (QED) is 0.654. The van der Waals surface area contributed by atoms with Crippen molar-refractivity contribution in [3.05, 3.63) is 41.0 Å². The fourth-order valence-electron chi connectivity index (χ4n) is 1.94. The first-order valence-corrected chi connectivity index (χ1v) is 6.65. The van der Waals surface area contributed by atoms with Crippen molar-refractivity contribution in [2.75, 3.05) is 18.6 Å². The highest BCUT2D eigenvalue weighted by Crippen LogP contribution is 2.34. The molecule has 0 spiro atoms. The van der Waals surface area contributed by atoms with E-state index in [9.17, 15) is 0 Å². The summed E-state index contributed by atoms with van der Waals surface area (Å²) in [4.78, 5) is 0. The molecule has 21 heavy (non-hydrogen) atoms. The molecule has 0 radical (unpaired) electrons. The molecule has 0 heterocycles. The van der Waals surface area contributed by atoms with Crippen LogP contribution in [0, 0.1) is 20.8 Å². The molecule has 0 aliphatic carbocycles. The van der Waals surface area contributed by atoms with E-state index in [1.807, 2.05) is 39.0 Å². The second-order valence-electron chi connectivity index (χ2n) is 5.08. The molecule has 2 rings (SSSR count). The molecule has 0 aliphatic heterocycles. The summed E-state index contributed by atoms with van der Waals surface area (Å²) in [7, 11) is 1.62. The molecule has 0 amide bonds. The fourth-order valence-corrected chi connectivity index (χ4v) is 1.94. The summed E-state index contributed by atoms with van der Waals surface area (Å²) in [6, 6.07) is 7.41. The molecule has 110 valence electrons. The third-order valence-corrected chi connectivity index (χ3v) is 3.48. The molecule has 0 bridgehead atoms. The van der Waals surface area contributed by atoms with Crippen molar-refractivity contribution in [3.8, 4) is 5.75 Å². The molecule has 5 nitrogen and oxygen atoms in total. The van der Waals surface area contributed by atoms with Crippen LogP contribution < -0.4 is 16.2 Å². The monoisotopic (exact) mass is 284 g/mol. The number of aryl methyl sites for hydroxylation is 3. The number of nitrogens with two attached hydrogens (primary N) is 2. The SMILES string of the molecule is COc1cc(C)c(C)cc1N=Nc1cc(C)c(N)cc1N. The van der Waals surface area contributed by atoms with Gasteiger partial charge in [0.1, 0.15) is 17.1 Å². The maximum Gasteiger partial charge on any atom is 0.146 e. The molecule has 0 unspecified atom stereocenters. The van der Waals surface area contributed by atoms with Crippen LogP contribution in [0.15, 0.2) is 34.5 Å². The van der Waals surface area contributed by atoms with Gasteiger partial charge in [-0.25, -0.2) is 0 Å². The number of azo groups is 1. The van der Waals surface area contributed by atoms with Gasteiger partial charge in [0, 0.05) is 5.69 Å². The smallest absolute Gasteiger partial charge is 0.146 e. The lowest BCUT2D eigenvalue weighted by molar-refractivity contribution is 0.415. The normalized spacial score (nSPS) is 11.0. The topological polar surface area (TPSA) is 86.0 Å². The highest BCUT2D eigenvalue weighted by Gasteiger charge is 2.06. The third-order valence-electron chi connectivity index (χ3n) is 3.48. The van der Waals surface area contributed by atoms with Crippen molar-refractivity contribution >= 4 is 22.7 Å². The Hall–Kier alpha value is -2.56. The molecule has 2 aromatic carbocycles. The maximum atomic E-state index is 5.91.